The quantitative estimate of drug-likeness (QED) is 0.779. The molecule has 0 radical (unpaired) electrons. The molecule has 0 spiro atoms. The van der Waals surface area contributed by atoms with Crippen molar-refractivity contribution in [2.24, 2.45) is 0 Å². The van der Waals surface area contributed by atoms with E-state index in [1.165, 1.54) is 0 Å². The van der Waals surface area contributed by atoms with Crippen molar-refractivity contribution in [1.29, 1.82) is 0 Å². The second-order valence-corrected chi connectivity index (χ2v) is 8.01. The zero-order chi connectivity index (χ0) is 17.0. The molecule has 0 unspecified atom stereocenters. The lowest BCUT2D eigenvalue weighted by atomic mass is 10.1. The van der Waals surface area contributed by atoms with Gasteiger partial charge in [0.2, 0.25) is 5.91 Å². The van der Waals surface area contributed by atoms with Crippen molar-refractivity contribution in [2.45, 2.75) is 25.3 Å². The van der Waals surface area contributed by atoms with E-state index >= 15 is 0 Å². The summed E-state index contributed by atoms with van der Waals surface area (Å²) >= 11 is 0. The van der Waals surface area contributed by atoms with E-state index in [9.17, 15) is 13.2 Å². The van der Waals surface area contributed by atoms with E-state index in [-0.39, 0.29) is 23.5 Å². The molecule has 1 amide bonds. The van der Waals surface area contributed by atoms with E-state index in [0.717, 1.165) is 5.56 Å². The minimum absolute atomic E-state index is 0.0473. The highest BCUT2D eigenvalue weighted by Gasteiger charge is 2.32. The fraction of sp³-hybridized carbons (Fsp3) is 0.562. The Morgan fingerprint density at radius 2 is 1.83 bits per heavy atom. The van der Waals surface area contributed by atoms with E-state index in [4.69, 9.17) is 9.47 Å². The van der Waals surface area contributed by atoms with Crippen molar-refractivity contribution in [3.8, 4) is 11.5 Å². The largest absolute Gasteiger partial charge is 0.497 e. The van der Waals surface area contributed by atoms with Crippen LogP contribution in [0, 0.1) is 0 Å². The summed E-state index contributed by atoms with van der Waals surface area (Å²) in [4.78, 5) is 13.9. The molecule has 2 rings (SSSR count). The molecule has 0 aliphatic carbocycles. The third-order valence-corrected chi connectivity index (χ3v) is 5.94. The first-order valence-electron chi connectivity index (χ1n) is 7.52. The number of carbonyl (C=O) groups excluding carboxylic acids is 1. The van der Waals surface area contributed by atoms with Gasteiger partial charge in [0.1, 0.15) is 11.5 Å². The van der Waals surface area contributed by atoms with Crippen molar-refractivity contribution >= 4 is 15.7 Å². The minimum Gasteiger partial charge on any atom is -0.497 e. The number of benzene rings is 1. The Morgan fingerprint density at radius 1 is 1.22 bits per heavy atom. The van der Waals surface area contributed by atoms with Gasteiger partial charge in [-0.05, 0) is 30.5 Å². The van der Waals surface area contributed by atoms with Gasteiger partial charge in [-0.1, -0.05) is 0 Å². The SMILES string of the molecule is COc1cc(CCC(=O)N(C)[C@@H]2CCS(=O)(=O)C2)cc(OC)c1. The molecule has 0 aromatic heterocycles. The van der Waals surface area contributed by atoms with Gasteiger partial charge in [-0.2, -0.15) is 0 Å². The van der Waals surface area contributed by atoms with Gasteiger partial charge in [0.05, 0.1) is 25.7 Å². The van der Waals surface area contributed by atoms with Gasteiger partial charge in [0, 0.05) is 25.6 Å². The summed E-state index contributed by atoms with van der Waals surface area (Å²) in [6.45, 7) is 0. The topological polar surface area (TPSA) is 72.9 Å². The molecule has 1 aromatic rings. The van der Waals surface area contributed by atoms with Crippen molar-refractivity contribution in [1.82, 2.24) is 4.90 Å². The Balaban J connectivity index is 1.96. The molecule has 1 heterocycles. The molecule has 128 valence electrons. The Labute approximate surface area is 137 Å². The zero-order valence-electron chi connectivity index (χ0n) is 13.7. The summed E-state index contributed by atoms with van der Waals surface area (Å²) < 4.78 is 33.5. The van der Waals surface area contributed by atoms with Crippen LogP contribution in [0.15, 0.2) is 18.2 Å². The maximum atomic E-state index is 12.3. The lowest BCUT2D eigenvalue weighted by molar-refractivity contribution is -0.131. The summed E-state index contributed by atoms with van der Waals surface area (Å²) in [5.74, 6) is 1.56. The highest BCUT2D eigenvalue weighted by molar-refractivity contribution is 7.91. The number of nitrogens with zero attached hydrogens (tertiary/aromatic N) is 1. The van der Waals surface area contributed by atoms with E-state index in [2.05, 4.69) is 0 Å². The van der Waals surface area contributed by atoms with Crippen LogP contribution in [0.5, 0.6) is 11.5 Å². The van der Waals surface area contributed by atoms with Crippen LogP contribution >= 0.6 is 0 Å². The second-order valence-electron chi connectivity index (χ2n) is 5.78. The summed E-state index contributed by atoms with van der Waals surface area (Å²) in [5, 5.41) is 0. The van der Waals surface area contributed by atoms with Gasteiger partial charge < -0.3 is 14.4 Å². The van der Waals surface area contributed by atoms with Gasteiger partial charge in [0.15, 0.2) is 9.84 Å². The van der Waals surface area contributed by atoms with E-state index in [1.54, 1.807) is 32.2 Å². The predicted molar refractivity (Wildman–Crippen MR) is 87.7 cm³/mol. The van der Waals surface area contributed by atoms with Crippen LogP contribution < -0.4 is 9.47 Å². The lowest BCUT2D eigenvalue weighted by Gasteiger charge is -2.23. The van der Waals surface area contributed by atoms with E-state index in [0.29, 0.717) is 30.8 Å². The molecule has 7 heteroatoms. The van der Waals surface area contributed by atoms with E-state index < -0.39 is 9.84 Å². The second kappa shape index (κ2) is 7.21. The number of hydrogen-bond donors (Lipinski definition) is 0. The van der Waals surface area contributed by atoms with Gasteiger partial charge in [0.25, 0.3) is 0 Å². The number of carbonyl (C=O) groups is 1. The monoisotopic (exact) mass is 341 g/mol. The number of hydrogen-bond acceptors (Lipinski definition) is 5. The van der Waals surface area contributed by atoms with E-state index in [1.807, 2.05) is 12.1 Å². The van der Waals surface area contributed by atoms with Crippen LogP contribution in [0.25, 0.3) is 0 Å². The first-order valence-corrected chi connectivity index (χ1v) is 9.35. The average molecular weight is 341 g/mol. The molecule has 1 aromatic carbocycles. The molecule has 0 N–H and O–H groups in total. The fourth-order valence-corrected chi connectivity index (χ4v) is 4.50. The van der Waals surface area contributed by atoms with Crippen molar-refractivity contribution < 1.29 is 22.7 Å². The average Bonchev–Trinajstić information content (AvgIpc) is 2.91. The Morgan fingerprint density at radius 3 is 2.30 bits per heavy atom. The van der Waals surface area contributed by atoms with Crippen molar-refractivity contribution in [2.75, 3.05) is 32.8 Å². The maximum Gasteiger partial charge on any atom is 0.222 e. The summed E-state index contributed by atoms with van der Waals surface area (Å²) in [7, 11) is 1.86. The number of methoxy groups -OCH3 is 2. The van der Waals surface area contributed by atoms with Crippen molar-refractivity contribution in [3.05, 3.63) is 23.8 Å². The van der Waals surface area contributed by atoms with Gasteiger partial charge in [-0.25, -0.2) is 8.42 Å². The third-order valence-electron chi connectivity index (χ3n) is 4.19. The molecule has 1 aliphatic heterocycles. The molecular formula is C16H23NO5S. The number of ether oxygens (including phenoxy) is 2. The number of rotatable bonds is 6. The van der Waals surface area contributed by atoms with Crippen LogP contribution in [0.3, 0.4) is 0 Å². The van der Waals surface area contributed by atoms with Crippen LogP contribution in [-0.2, 0) is 21.1 Å². The first-order chi connectivity index (χ1) is 10.8. The third kappa shape index (κ3) is 4.60. The first kappa shape index (κ1) is 17.6. The number of sulfone groups is 1. The molecule has 1 fully saturated rings. The molecule has 1 aliphatic rings. The minimum atomic E-state index is -2.99. The molecule has 1 saturated heterocycles. The van der Waals surface area contributed by atoms with Crippen LogP contribution in [0.2, 0.25) is 0 Å². The smallest absolute Gasteiger partial charge is 0.222 e. The van der Waals surface area contributed by atoms with Crippen LogP contribution in [0.1, 0.15) is 18.4 Å². The Hall–Kier alpha value is -1.76. The van der Waals surface area contributed by atoms with Gasteiger partial charge in [-0.15, -0.1) is 0 Å². The number of amides is 1. The maximum absolute atomic E-state index is 12.3. The van der Waals surface area contributed by atoms with Gasteiger partial charge in [-0.3, -0.25) is 4.79 Å². The zero-order valence-corrected chi connectivity index (χ0v) is 14.6. The number of aryl methyl sites for hydroxylation is 1. The highest BCUT2D eigenvalue weighted by Crippen LogP contribution is 2.24. The Kier molecular flexibility index (Phi) is 5.51. The molecule has 0 saturated carbocycles. The molecule has 0 bridgehead atoms. The van der Waals surface area contributed by atoms with Crippen LogP contribution in [-0.4, -0.2) is 58.0 Å². The standard InChI is InChI=1S/C16H23NO5S/c1-17(13-6-7-23(19,20)11-13)16(18)5-4-12-8-14(21-2)10-15(9-12)22-3/h8-10,13H,4-7,11H2,1-3H3/t13-/m1/s1. The van der Waals surface area contributed by atoms with Crippen LogP contribution in [0.4, 0.5) is 0 Å². The summed E-state index contributed by atoms with van der Waals surface area (Å²) in [5.41, 5.74) is 0.946. The normalized spacial score (nSPS) is 19.3. The lowest BCUT2D eigenvalue weighted by Crippen LogP contribution is -2.37. The molecule has 1 atom stereocenters. The fourth-order valence-electron chi connectivity index (χ4n) is 2.72. The Bertz CT molecular complexity index is 649. The molecule has 23 heavy (non-hydrogen) atoms. The van der Waals surface area contributed by atoms with Gasteiger partial charge >= 0.3 is 0 Å². The summed E-state index contributed by atoms with van der Waals surface area (Å²) in [6, 6.07) is 5.32. The highest BCUT2D eigenvalue weighted by atomic mass is 32.2. The predicted octanol–water partition coefficient (Wildman–Crippen LogP) is 1.28. The molecule has 6 nitrogen and oxygen atoms in total. The molecular weight excluding hydrogens is 318 g/mol. The summed E-state index contributed by atoms with van der Waals surface area (Å²) in [6.07, 6.45) is 1.40. The van der Waals surface area contributed by atoms with Crippen molar-refractivity contribution in [3.63, 3.8) is 0 Å².